The zero-order valence-electron chi connectivity index (χ0n) is 10.5. The van der Waals surface area contributed by atoms with Crippen LogP contribution in [-0.4, -0.2) is 35.9 Å². The summed E-state index contributed by atoms with van der Waals surface area (Å²) in [6.45, 7) is 0. The first-order valence-corrected chi connectivity index (χ1v) is 7.98. The number of rotatable bonds is 2. The third-order valence-corrected chi connectivity index (χ3v) is 5.09. The second kappa shape index (κ2) is 4.48. The SMILES string of the molecule is O=c1[nH]c2ccc(NC3CCS(=O)(=O)C3)cc2[nH]c1=O. The van der Waals surface area contributed by atoms with Gasteiger partial charge in [-0.15, -0.1) is 0 Å². The van der Waals surface area contributed by atoms with Gasteiger partial charge in [0.05, 0.1) is 22.5 Å². The second-order valence-electron chi connectivity index (χ2n) is 4.91. The van der Waals surface area contributed by atoms with E-state index in [0.717, 1.165) is 0 Å². The molecule has 1 aliphatic rings. The van der Waals surface area contributed by atoms with Crippen molar-refractivity contribution < 1.29 is 8.42 Å². The fraction of sp³-hybridized carbons (Fsp3) is 0.333. The van der Waals surface area contributed by atoms with E-state index in [4.69, 9.17) is 0 Å². The molecule has 1 atom stereocenters. The number of aromatic nitrogens is 2. The van der Waals surface area contributed by atoms with E-state index in [-0.39, 0.29) is 17.5 Å². The van der Waals surface area contributed by atoms with Crippen molar-refractivity contribution in [3.63, 3.8) is 0 Å². The average molecular weight is 295 g/mol. The summed E-state index contributed by atoms with van der Waals surface area (Å²) in [5.41, 5.74) is 0.333. The van der Waals surface area contributed by atoms with E-state index >= 15 is 0 Å². The zero-order chi connectivity index (χ0) is 14.3. The van der Waals surface area contributed by atoms with Gasteiger partial charge in [-0.1, -0.05) is 0 Å². The maximum Gasteiger partial charge on any atom is 0.314 e. The lowest BCUT2D eigenvalue weighted by Crippen LogP contribution is -2.29. The van der Waals surface area contributed by atoms with Crippen molar-refractivity contribution in [1.29, 1.82) is 0 Å². The molecule has 1 unspecified atom stereocenters. The van der Waals surface area contributed by atoms with Crippen LogP contribution in [0.25, 0.3) is 11.0 Å². The summed E-state index contributed by atoms with van der Waals surface area (Å²) in [6.07, 6.45) is 0.572. The average Bonchev–Trinajstić information content (AvgIpc) is 2.70. The smallest absolute Gasteiger partial charge is 0.314 e. The maximum atomic E-state index is 11.4. The summed E-state index contributed by atoms with van der Waals surface area (Å²) in [4.78, 5) is 27.4. The number of hydrogen-bond donors (Lipinski definition) is 3. The van der Waals surface area contributed by atoms with E-state index in [1.165, 1.54) is 0 Å². The van der Waals surface area contributed by atoms with Crippen molar-refractivity contribution in [3.8, 4) is 0 Å². The van der Waals surface area contributed by atoms with Crippen LogP contribution in [0.4, 0.5) is 5.69 Å². The highest BCUT2D eigenvalue weighted by Crippen LogP contribution is 2.19. The lowest BCUT2D eigenvalue weighted by atomic mass is 10.2. The monoisotopic (exact) mass is 295 g/mol. The third kappa shape index (κ3) is 2.46. The Kier molecular flexibility index (Phi) is 2.89. The van der Waals surface area contributed by atoms with Gasteiger partial charge in [0.25, 0.3) is 0 Å². The first kappa shape index (κ1) is 12.9. The molecule has 1 fully saturated rings. The predicted octanol–water partition coefficient (Wildman–Crippen LogP) is -0.185. The van der Waals surface area contributed by atoms with Crippen molar-refractivity contribution in [1.82, 2.24) is 9.97 Å². The lowest BCUT2D eigenvalue weighted by Gasteiger charge is -2.12. The summed E-state index contributed by atoms with van der Waals surface area (Å²) < 4.78 is 22.8. The molecule has 2 heterocycles. The Morgan fingerprint density at radius 3 is 2.45 bits per heavy atom. The Morgan fingerprint density at radius 1 is 1.10 bits per heavy atom. The molecule has 2 aromatic rings. The second-order valence-corrected chi connectivity index (χ2v) is 7.14. The molecule has 1 aromatic heterocycles. The highest BCUT2D eigenvalue weighted by atomic mass is 32.2. The molecule has 3 N–H and O–H groups in total. The van der Waals surface area contributed by atoms with Gasteiger partial charge in [-0.2, -0.15) is 0 Å². The van der Waals surface area contributed by atoms with Crippen LogP contribution in [0.15, 0.2) is 27.8 Å². The normalized spacial score (nSPS) is 21.1. The molecule has 0 aliphatic carbocycles. The fourth-order valence-corrected chi connectivity index (χ4v) is 4.02. The molecular formula is C12H13N3O4S. The van der Waals surface area contributed by atoms with Crippen LogP contribution in [0.5, 0.6) is 0 Å². The van der Waals surface area contributed by atoms with E-state index in [9.17, 15) is 18.0 Å². The minimum absolute atomic E-state index is 0.118. The van der Waals surface area contributed by atoms with E-state index in [2.05, 4.69) is 15.3 Å². The van der Waals surface area contributed by atoms with E-state index < -0.39 is 21.0 Å². The molecule has 1 aromatic carbocycles. The fourth-order valence-electron chi connectivity index (χ4n) is 2.35. The van der Waals surface area contributed by atoms with Gasteiger partial charge in [-0.25, -0.2) is 8.42 Å². The summed E-state index contributed by atoms with van der Waals surface area (Å²) in [5, 5.41) is 3.13. The maximum absolute atomic E-state index is 11.4. The van der Waals surface area contributed by atoms with Crippen molar-refractivity contribution in [2.24, 2.45) is 0 Å². The Morgan fingerprint density at radius 2 is 1.80 bits per heavy atom. The Hall–Kier alpha value is -2.09. The standard InChI is InChI=1S/C12H13N3O4S/c16-11-12(17)15-10-5-7(1-2-9(10)14-11)13-8-3-4-20(18,19)6-8/h1-2,5,8,13H,3-4,6H2,(H,14,16)(H,15,17). The highest BCUT2D eigenvalue weighted by molar-refractivity contribution is 7.91. The number of benzene rings is 1. The zero-order valence-corrected chi connectivity index (χ0v) is 11.3. The predicted molar refractivity (Wildman–Crippen MR) is 75.9 cm³/mol. The summed E-state index contributed by atoms with van der Waals surface area (Å²) in [5.74, 6) is 0.315. The highest BCUT2D eigenvalue weighted by Gasteiger charge is 2.27. The van der Waals surface area contributed by atoms with Gasteiger partial charge in [-0.3, -0.25) is 9.59 Å². The van der Waals surface area contributed by atoms with E-state index in [1.54, 1.807) is 18.2 Å². The van der Waals surface area contributed by atoms with Crippen LogP contribution in [0, 0.1) is 0 Å². The van der Waals surface area contributed by atoms with Crippen LogP contribution in [0.3, 0.4) is 0 Å². The summed E-state index contributed by atoms with van der Waals surface area (Å²) in [7, 11) is -2.94. The van der Waals surface area contributed by atoms with Gasteiger partial charge in [0.15, 0.2) is 9.84 Å². The summed E-state index contributed by atoms with van der Waals surface area (Å²) >= 11 is 0. The molecule has 8 heteroatoms. The van der Waals surface area contributed by atoms with Gasteiger partial charge in [0, 0.05) is 11.7 Å². The number of nitrogens with one attached hydrogen (secondary N) is 3. The number of aromatic amines is 2. The number of H-pyrrole nitrogens is 2. The molecule has 0 spiro atoms. The first-order chi connectivity index (χ1) is 9.43. The molecule has 106 valence electrons. The number of hydrogen-bond acceptors (Lipinski definition) is 5. The molecular weight excluding hydrogens is 282 g/mol. The molecule has 7 nitrogen and oxygen atoms in total. The Labute approximate surface area is 114 Å². The lowest BCUT2D eigenvalue weighted by molar-refractivity contribution is 0.602. The van der Waals surface area contributed by atoms with Crippen LogP contribution in [0.2, 0.25) is 0 Å². The van der Waals surface area contributed by atoms with Crippen molar-refractivity contribution in [2.75, 3.05) is 16.8 Å². The molecule has 0 saturated carbocycles. The minimum Gasteiger partial charge on any atom is -0.381 e. The Balaban J connectivity index is 1.92. The van der Waals surface area contributed by atoms with Crippen molar-refractivity contribution in [3.05, 3.63) is 38.9 Å². The van der Waals surface area contributed by atoms with Crippen molar-refractivity contribution in [2.45, 2.75) is 12.5 Å². The molecule has 3 rings (SSSR count). The third-order valence-electron chi connectivity index (χ3n) is 3.33. The number of sulfone groups is 1. The molecule has 1 saturated heterocycles. The van der Waals surface area contributed by atoms with E-state index in [0.29, 0.717) is 23.1 Å². The largest absolute Gasteiger partial charge is 0.381 e. The molecule has 0 amide bonds. The number of fused-ring (bicyclic) bond motifs is 1. The quantitative estimate of drug-likeness (QED) is 0.665. The van der Waals surface area contributed by atoms with Crippen LogP contribution < -0.4 is 16.4 Å². The van der Waals surface area contributed by atoms with Crippen LogP contribution in [-0.2, 0) is 9.84 Å². The molecule has 1 aliphatic heterocycles. The van der Waals surface area contributed by atoms with Gasteiger partial charge in [0.2, 0.25) is 0 Å². The number of anilines is 1. The van der Waals surface area contributed by atoms with Gasteiger partial charge < -0.3 is 15.3 Å². The van der Waals surface area contributed by atoms with Gasteiger partial charge >= 0.3 is 11.1 Å². The van der Waals surface area contributed by atoms with Crippen LogP contribution >= 0.6 is 0 Å². The first-order valence-electron chi connectivity index (χ1n) is 6.16. The topological polar surface area (TPSA) is 112 Å². The minimum atomic E-state index is -2.94. The molecule has 0 bridgehead atoms. The van der Waals surface area contributed by atoms with E-state index in [1.807, 2.05) is 0 Å². The van der Waals surface area contributed by atoms with Crippen molar-refractivity contribution >= 4 is 26.6 Å². The molecule has 0 radical (unpaired) electrons. The van der Waals surface area contributed by atoms with Gasteiger partial charge in [0.1, 0.15) is 0 Å². The summed E-state index contributed by atoms with van der Waals surface area (Å²) in [6, 6.07) is 4.96. The van der Waals surface area contributed by atoms with Crippen LogP contribution in [0.1, 0.15) is 6.42 Å². The molecule has 20 heavy (non-hydrogen) atoms. The Bertz CT molecular complexity index is 881. The van der Waals surface area contributed by atoms with Gasteiger partial charge in [-0.05, 0) is 24.6 Å².